The number of allylic oxidation sites excluding steroid dienone is 3. The summed E-state index contributed by atoms with van der Waals surface area (Å²) in [5.74, 6) is 1.58. The molecule has 0 aromatic carbocycles. The van der Waals surface area contributed by atoms with E-state index in [2.05, 4.69) is 5.92 Å². The summed E-state index contributed by atoms with van der Waals surface area (Å²) in [4.78, 5) is 10.0. The Morgan fingerprint density at radius 2 is 2.33 bits per heavy atom. The highest BCUT2D eigenvalue weighted by molar-refractivity contribution is 5.80. The van der Waals surface area contributed by atoms with E-state index in [1.165, 1.54) is 6.08 Å². The Morgan fingerprint density at radius 1 is 1.67 bits per heavy atom. The van der Waals surface area contributed by atoms with Crippen molar-refractivity contribution in [1.82, 2.24) is 0 Å². The van der Waals surface area contributed by atoms with Gasteiger partial charge in [0, 0.05) is 12.5 Å². The molecule has 0 atom stereocenters. The normalized spacial score (nSPS) is 11.5. The van der Waals surface area contributed by atoms with Crippen LogP contribution in [-0.2, 0) is 4.79 Å². The maximum atomic E-state index is 10.0. The standard InChI is InChI=1S/C10H12O2/c1-3-4-6-9(2)7-5-8-10(11)12/h1,5,7-8H,4,6H2,2H3,(H,11,12). The highest BCUT2D eigenvalue weighted by Gasteiger charge is 1.86. The Morgan fingerprint density at radius 3 is 2.83 bits per heavy atom. The predicted molar refractivity (Wildman–Crippen MR) is 48.6 cm³/mol. The van der Waals surface area contributed by atoms with Gasteiger partial charge in [-0.05, 0) is 13.3 Å². The van der Waals surface area contributed by atoms with Gasteiger partial charge in [0.1, 0.15) is 0 Å². The van der Waals surface area contributed by atoms with Gasteiger partial charge < -0.3 is 5.11 Å². The van der Waals surface area contributed by atoms with Crippen LogP contribution >= 0.6 is 0 Å². The molecule has 2 nitrogen and oxygen atoms in total. The minimum absolute atomic E-state index is 0.698. The molecule has 0 heterocycles. The fourth-order valence-electron chi connectivity index (χ4n) is 0.647. The van der Waals surface area contributed by atoms with E-state index >= 15 is 0 Å². The molecule has 2 heteroatoms. The van der Waals surface area contributed by atoms with E-state index in [0.717, 1.165) is 18.1 Å². The lowest BCUT2D eigenvalue weighted by Gasteiger charge is -1.92. The lowest BCUT2D eigenvalue weighted by molar-refractivity contribution is -0.131. The summed E-state index contributed by atoms with van der Waals surface area (Å²) >= 11 is 0. The monoisotopic (exact) mass is 164 g/mol. The molecule has 0 rings (SSSR count). The van der Waals surface area contributed by atoms with Crippen molar-refractivity contribution in [3.05, 3.63) is 23.8 Å². The van der Waals surface area contributed by atoms with Crippen LogP contribution in [0.2, 0.25) is 0 Å². The summed E-state index contributed by atoms with van der Waals surface area (Å²) in [6, 6.07) is 0. The molecule has 0 aliphatic heterocycles. The van der Waals surface area contributed by atoms with E-state index < -0.39 is 5.97 Å². The van der Waals surface area contributed by atoms with Crippen LogP contribution in [0.15, 0.2) is 23.8 Å². The van der Waals surface area contributed by atoms with Crippen molar-refractivity contribution in [1.29, 1.82) is 0 Å². The zero-order chi connectivity index (χ0) is 9.40. The molecule has 12 heavy (non-hydrogen) atoms. The van der Waals surface area contributed by atoms with E-state index in [4.69, 9.17) is 11.5 Å². The molecular formula is C10H12O2. The molecule has 0 aliphatic rings. The molecule has 64 valence electrons. The van der Waals surface area contributed by atoms with Crippen LogP contribution < -0.4 is 0 Å². The molecule has 0 fully saturated rings. The predicted octanol–water partition coefficient (Wildman–Crippen LogP) is 1.99. The summed E-state index contributed by atoms with van der Waals surface area (Å²) in [6.45, 7) is 1.92. The number of terminal acetylenes is 1. The van der Waals surface area contributed by atoms with Gasteiger partial charge in [0.2, 0.25) is 0 Å². The maximum absolute atomic E-state index is 10.0. The van der Waals surface area contributed by atoms with Gasteiger partial charge in [0.25, 0.3) is 0 Å². The van der Waals surface area contributed by atoms with Crippen LogP contribution in [0.5, 0.6) is 0 Å². The van der Waals surface area contributed by atoms with E-state index in [0.29, 0.717) is 6.42 Å². The zero-order valence-corrected chi connectivity index (χ0v) is 7.08. The molecule has 0 aliphatic carbocycles. The number of rotatable bonds is 4. The third kappa shape index (κ3) is 6.63. The molecule has 0 saturated carbocycles. The summed E-state index contributed by atoms with van der Waals surface area (Å²) < 4.78 is 0. The molecular weight excluding hydrogens is 152 g/mol. The molecule has 0 saturated heterocycles. The second-order valence-corrected chi connectivity index (χ2v) is 2.41. The van der Waals surface area contributed by atoms with Crippen LogP contribution in [0.4, 0.5) is 0 Å². The highest BCUT2D eigenvalue weighted by Crippen LogP contribution is 2.02. The summed E-state index contributed by atoms with van der Waals surface area (Å²) in [6.07, 6.45) is 10.9. The number of carboxylic acids is 1. The largest absolute Gasteiger partial charge is 0.478 e. The minimum atomic E-state index is -0.934. The lowest BCUT2D eigenvalue weighted by atomic mass is 10.1. The van der Waals surface area contributed by atoms with Crippen molar-refractivity contribution >= 4 is 5.97 Å². The topological polar surface area (TPSA) is 37.3 Å². The molecule has 0 unspecified atom stereocenters. The second kappa shape index (κ2) is 6.23. The van der Waals surface area contributed by atoms with Crippen LogP contribution in [-0.4, -0.2) is 11.1 Å². The first-order valence-electron chi connectivity index (χ1n) is 3.67. The molecule has 0 amide bonds. The third-order valence-corrected chi connectivity index (χ3v) is 1.28. The summed E-state index contributed by atoms with van der Waals surface area (Å²) in [7, 11) is 0. The van der Waals surface area contributed by atoms with Crippen LogP contribution in [0, 0.1) is 12.3 Å². The van der Waals surface area contributed by atoms with Crippen molar-refractivity contribution in [2.24, 2.45) is 0 Å². The average Bonchev–Trinajstić information content (AvgIpc) is 2.00. The molecule has 0 spiro atoms. The molecule has 0 aromatic heterocycles. The number of carbonyl (C=O) groups is 1. The Bertz CT molecular complexity index is 241. The van der Waals surface area contributed by atoms with Gasteiger partial charge in [-0.3, -0.25) is 0 Å². The van der Waals surface area contributed by atoms with Crippen molar-refractivity contribution in [3.63, 3.8) is 0 Å². The lowest BCUT2D eigenvalue weighted by Crippen LogP contribution is -1.84. The van der Waals surface area contributed by atoms with E-state index in [1.54, 1.807) is 6.08 Å². The Kier molecular flexibility index (Phi) is 5.46. The van der Waals surface area contributed by atoms with E-state index in [9.17, 15) is 4.79 Å². The Balaban J connectivity index is 3.85. The fourth-order valence-corrected chi connectivity index (χ4v) is 0.647. The van der Waals surface area contributed by atoms with Gasteiger partial charge in [-0.1, -0.05) is 17.7 Å². The number of hydrogen-bond acceptors (Lipinski definition) is 1. The molecule has 0 bridgehead atoms. The van der Waals surface area contributed by atoms with Gasteiger partial charge in [-0.25, -0.2) is 4.79 Å². The number of aliphatic carboxylic acids is 1. The van der Waals surface area contributed by atoms with Crippen LogP contribution in [0.1, 0.15) is 19.8 Å². The van der Waals surface area contributed by atoms with Crippen LogP contribution in [0.25, 0.3) is 0 Å². The Hall–Kier alpha value is -1.49. The zero-order valence-electron chi connectivity index (χ0n) is 7.08. The van der Waals surface area contributed by atoms with Gasteiger partial charge >= 0.3 is 5.97 Å². The van der Waals surface area contributed by atoms with E-state index in [-0.39, 0.29) is 0 Å². The van der Waals surface area contributed by atoms with Gasteiger partial charge in [0.05, 0.1) is 0 Å². The van der Waals surface area contributed by atoms with Crippen molar-refractivity contribution < 1.29 is 9.90 Å². The van der Waals surface area contributed by atoms with Crippen LogP contribution in [0.3, 0.4) is 0 Å². The summed E-state index contributed by atoms with van der Waals surface area (Å²) in [5, 5.41) is 8.25. The smallest absolute Gasteiger partial charge is 0.328 e. The highest BCUT2D eigenvalue weighted by atomic mass is 16.4. The molecule has 0 aromatic rings. The van der Waals surface area contributed by atoms with Crippen molar-refractivity contribution in [3.8, 4) is 12.3 Å². The fraction of sp³-hybridized carbons (Fsp3) is 0.300. The first kappa shape index (κ1) is 10.5. The third-order valence-electron chi connectivity index (χ3n) is 1.28. The number of hydrogen-bond donors (Lipinski definition) is 1. The second-order valence-electron chi connectivity index (χ2n) is 2.41. The average molecular weight is 164 g/mol. The molecule has 0 radical (unpaired) electrons. The van der Waals surface area contributed by atoms with Gasteiger partial charge in [0.15, 0.2) is 0 Å². The Labute approximate surface area is 72.6 Å². The SMILES string of the molecule is C#CCCC(C)=CC=CC(=O)O. The number of carboxylic acid groups (broad SMARTS) is 1. The van der Waals surface area contributed by atoms with Crippen molar-refractivity contribution in [2.75, 3.05) is 0 Å². The van der Waals surface area contributed by atoms with Crippen molar-refractivity contribution in [2.45, 2.75) is 19.8 Å². The maximum Gasteiger partial charge on any atom is 0.328 e. The quantitative estimate of drug-likeness (QED) is 0.392. The van der Waals surface area contributed by atoms with E-state index in [1.807, 2.05) is 6.92 Å². The minimum Gasteiger partial charge on any atom is -0.478 e. The summed E-state index contributed by atoms with van der Waals surface area (Å²) in [5.41, 5.74) is 1.09. The van der Waals surface area contributed by atoms with Gasteiger partial charge in [-0.2, -0.15) is 0 Å². The first-order chi connectivity index (χ1) is 5.66. The van der Waals surface area contributed by atoms with Gasteiger partial charge in [-0.15, -0.1) is 12.3 Å². The molecule has 1 N–H and O–H groups in total. The first-order valence-corrected chi connectivity index (χ1v) is 3.67.